The summed E-state index contributed by atoms with van der Waals surface area (Å²) in [6.07, 6.45) is 13.1. The van der Waals surface area contributed by atoms with Crippen LogP contribution >= 0.6 is 0 Å². The fraction of sp³-hybridized carbons (Fsp3) is 0.276. The first-order chi connectivity index (χ1) is 19.9. The second kappa shape index (κ2) is 9.82. The molecule has 1 unspecified atom stereocenters. The molecule has 0 bridgehead atoms. The minimum atomic E-state index is -1.72. The van der Waals surface area contributed by atoms with E-state index in [2.05, 4.69) is 42.2 Å². The lowest BCUT2D eigenvalue weighted by Crippen LogP contribution is -2.30. The number of benzene rings is 1. The Bertz CT molecular complexity index is 1780. The summed E-state index contributed by atoms with van der Waals surface area (Å²) >= 11 is 0. The van der Waals surface area contributed by atoms with Crippen LogP contribution in [0.3, 0.4) is 0 Å². The quantitative estimate of drug-likeness (QED) is 0.337. The third-order valence-corrected chi connectivity index (χ3v) is 7.78. The molecule has 6 heterocycles. The zero-order valence-corrected chi connectivity index (χ0v) is 22.2. The van der Waals surface area contributed by atoms with Crippen molar-refractivity contribution in [2.75, 3.05) is 31.2 Å². The van der Waals surface area contributed by atoms with Crippen molar-refractivity contribution < 1.29 is 18.6 Å². The summed E-state index contributed by atoms with van der Waals surface area (Å²) in [6.45, 7) is 4.11. The van der Waals surface area contributed by atoms with E-state index in [0.29, 0.717) is 44.1 Å². The second-order valence-corrected chi connectivity index (χ2v) is 10.5. The molecule has 1 saturated heterocycles. The van der Waals surface area contributed by atoms with Crippen LogP contribution in [0.4, 0.5) is 14.6 Å². The molecule has 0 radical (unpaired) electrons. The highest BCUT2D eigenvalue weighted by Crippen LogP contribution is 2.32. The zero-order valence-electron chi connectivity index (χ0n) is 22.2. The maximum absolute atomic E-state index is 14.3. The highest BCUT2D eigenvalue weighted by atomic mass is 19.1. The summed E-state index contributed by atoms with van der Waals surface area (Å²) in [7, 11) is 0. The van der Waals surface area contributed by atoms with Crippen molar-refractivity contribution in [2.45, 2.75) is 25.0 Å². The Hall–Kier alpha value is -4.55. The predicted octanol–water partition coefficient (Wildman–Crippen LogP) is 3.78. The monoisotopic (exact) mass is 556 g/mol. The van der Waals surface area contributed by atoms with Crippen molar-refractivity contribution in [3.63, 3.8) is 0 Å². The molecule has 12 heteroatoms. The van der Waals surface area contributed by atoms with Gasteiger partial charge in [0.1, 0.15) is 29.1 Å². The van der Waals surface area contributed by atoms with Gasteiger partial charge in [-0.15, -0.1) is 0 Å². The van der Waals surface area contributed by atoms with Crippen LogP contribution in [0, 0.1) is 11.6 Å². The zero-order chi connectivity index (χ0) is 28.1. The van der Waals surface area contributed by atoms with Crippen molar-refractivity contribution in [3.05, 3.63) is 96.2 Å². The second-order valence-electron chi connectivity index (χ2n) is 10.5. The van der Waals surface area contributed by atoms with Crippen molar-refractivity contribution in [1.82, 2.24) is 34.3 Å². The first-order valence-electron chi connectivity index (χ1n) is 13.3. The van der Waals surface area contributed by atoms with Crippen LogP contribution in [0.5, 0.6) is 0 Å². The molecule has 0 amide bonds. The highest BCUT2D eigenvalue weighted by molar-refractivity contribution is 5.78. The van der Waals surface area contributed by atoms with E-state index in [4.69, 9.17) is 4.74 Å². The van der Waals surface area contributed by atoms with Crippen LogP contribution < -0.4 is 4.90 Å². The molecule has 2 aliphatic rings. The Kier molecular flexibility index (Phi) is 6.09. The number of halogens is 2. The lowest BCUT2D eigenvalue weighted by atomic mass is 9.89. The lowest BCUT2D eigenvalue weighted by Gasteiger charge is -2.27. The van der Waals surface area contributed by atoms with E-state index >= 15 is 0 Å². The van der Waals surface area contributed by atoms with Crippen LogP contribution in [0.2, 0.25) is 0 Å². The minimum absolute atomic E-state index is 0.0470. The summed E-state index contributed by atoms with van der Waals surface area (Å²) in [5.41, 5.74) is 2.43. The summed E-state index contributed by atoms with van der Waals surface area (Å²) < 4.78 is 36.7. The van der Waals surface area contributed by atoms with E-state index in [1.54, 1.807) is 6.33 Å². The first-order valence-corrected chi connectivity index (χ1v) is 13.3. The summed E-state index contributed by atoms with van der Waals surface area (Å²) in [5, 5.41) is 19.9. The van der Waals surface area contributed by atoms with Crippen molar-refractivity contribution >= 4 is 16.9 Å². The Morgan fingerprint density at radius 1 is 1.00 bits per heavy atom. The highest BCUT2D eigenvalue weighted by Gasteiger charge is 2.30. The Morgan fingerprint density at radius 2 is 1.83 bits per heavy atom. The molecular weight excluding hydrogens is 530 g/mol. The molecule has 41 heavy (non-hydrogen) atoms. The number of hydrogen-bond acceptors (Lipinski definition) is 8. The van der Waals surface area contributed by atoms with Gasteiger partial charge < -0.3 is 14.7 Å². The molecule has 208 valence electrons. The predicted molar refractivity (Wildman–Crippen MR) is 146 cm³/mol. The molecule has 1 N–H and O–H groups in total. The van der Waals surface area contributed by atoms with Gasteiger partial charge in [0.15, 0.2) is 11.6 Å². The molecule has 0 aliphatic carbocycles. The number of aliphatic hydroxyl groups is 1. The van der Waals surface area contributed by atoms with E-state index in [0.717, 1.165) is 40.2 Å². The van der Waals surface area contributed by atoms with Crippen LogP contribution in [-0.4, -0.2) is 65.8 Å². The SMILES string of the molecule is CC(O)(c1cnc(C2=CCN(c3ncnn4cc(-c5cnn(C6COC6)c5)cc34)CC2)nc1)c1ccc(F)cc1F. The number of ether oxygens (including phenoxy) is 1. The van der Waals surface area contributed by atoms with Gasteiger partial charge in [0, 0.05) is 66.2 Å². The van der Waals surface area contributed by atoms with Gasteiger partial charge in [-0.2, -0.15) is 10.2 Å². The normalized spacial score (nSPS) is 17.4. The number of aromatic nitrogens is 7. The summed E-state index contributed by atoms with van der Waals surface area (Å²) in [5.74, 6) is -0.175. The number of anilines is 1. The largest absolute Gasteiger partial charge is 0.380 e. The molecule has 0 spiro atoms. The average Bonchev–Trinajstić information content (AvgIpc) is 3.60. The van der Waals surface area contributed by atoms with Crippen LogP contribution in [0.15, 0.2) is 67.7 Å². The molecule has 7 rings (SSSR count). The van der Waals surface area contributed by atoms with Gasteiger partial charge in [-0.05, 0) is 37.1 Å². The summed E-state index contributed by atoms with van der Waals surface area (Å²) in [6, 6.07) is 5.45. The van der Waals surface area contributed by atoms with Crippen LogP contribution in [0.25, 0.3) is 22.2 Å². The van der Waals surface area contributed by atoms with Crippen LogP contribution in [-0.2, 0) is 10.3 Å². The van der Waals surface area contributed by atoms with Gasteiger partial charge in [-0.1, -0.05) is 6.08 Å². The molecule has 1 aromatic carbocycles. The Labute approximate surface area is 233 Å². The molecule has 10 nitrogen and oxygen atoms in total. The van der Waals surface area contributed by atoms with Gasteiger partial charge >= 0.3 is 0 Å². The van der Waals surface area contributed by atoms with Crippen molar-refractivity contribution in [1.29, 1.82) is 0 Å². The number of rotatable bonds is 6. The van der Waals surface area contributed by atoms with Gasteiger partial charge in [0.25, 0.3) is 0 Å². The van der Waals surface area contributed by atoms with E-state index < -0.39 is 17.2 Å². The van der Waals surface area contributed by atoms with Crippen LogP contribution in [0.1, 0.15) is 36.3 Å². The standard InChI is InChI=1S/C29H26F2N8O2/c1-29(40,24-3-2-22(30)9-25(24)31)21-11-32-27(33-12-21)18-4-6-37(7-5-18)28-26-8-19(13-39(26)36-17-34-28)20-10-35-38(14-20)23-15-41-16-23/h2-4,8-14,17,23,40H,5-7,15-16H2,1H3. The third-order valence-electron chi connectivity index (χ3n) is 7.78. The first kappa shape index (κ1) is 25.4. The maximum atomic E-state index is 14.3. The van der Waals surface area contributed by atoms with Crippen molar-refractivity contribution in [2.24, 2.45) is 0 Å². The van der Waals surface area contributed by atoms with Gasteiger partial charge in [0.2, 0.25) is 0 Å². The smallest absolute Gasteiger partial charge is 0.156 e. The Balaban J connectivity index is 1.09. The van der Waals surface area contributed by atoms with E-state index in [1.165, 1.54) is 25.4 Å². The minimum Gasteiger partial charge on any atom is -0.380 e. The summed E-state index contributed by atoms with van der Waals surface area (Å²) in [4.78, 5) is 15.7. The topological polar surface area (TPSA) is 106 Å². The van der Waals surface area contributed by atoms with Gasteiger partial charge in [-0.3, -0.25) is 4.68 Å². The lowest BCUT2D eigenvalue weighted by molar-refractivity contribution is -0.0286. The number of hydrogen-bond donors (Lipinski definition) is 1. The van der Waals surface area contributed by atoms with Gasteiger partial charge in [0.05, 0.1) is 25.5 Å². The maximum Gasteiger partial charge on any atom is 0.156 e. The average molecular weight is 557 g/mol. The number of nitrogens with zero attached hydrogens (tertiary/aromatic N) is 8. The van der Waals surface area contributed by atoms with Crippen molar-refractivity contribution in [3.8, 4) is 11.1 Å². The van der Waals surface area contributed by atoms with E-state index in [1.807, 2.05) is 27.8 Å². The molecule has 5 aromatic rings. The molecule has 1 fully saturated rings. The fourth-order valence-electron chi connectivity index (χ4n) is 5.23. The molecule has 4 aromatic heterocycles. The van der Waals surface area contributed by atoms with Gasteiger partial charge in [-0.25, -0.2) is 28.2 Å². The third kappa shape index (κ3) is 4.54. The molecule has 2 aliphatic heterocycles. The van der Waals surface area contributed by atoms with E-state index in [-0.39, 0.29) is 11.6 Å². The molecular formula is C29H26F2N8O2. The molecule has 0 saturated carbocycles. The Morgan fingerprint density at radius 3 is 2.54 bits per heavy atom. The number of fused-ring (bicyclic) bond motifs is 1. The van der Waals surface area contributed by atoms with E-state index in [9.17, 15) is 13.9 Å². The fourth-order valence-corrected chi connectivity index (χ4v) is 5.23. The molecule has 1 atom stereocenters.